The van der Waals surface area contributed by atoms with E-state index < -0.39 is 11.6 Å². The van der Waals surface area contributed by atoms with Crippen molar-refractivity contribution < 1.29 is 8.78 Å². The lowest BCUT2D eigenvalue weighted by Gasteiger charge is -2.12. The van der Waals surface area contributed by atoms with Crippen LogP contribution in [-0.2, 0) is 6.42 Å². The van der Waals surface area contributed by atoms with Gasteiger partial charge in [-0.2, -0.15) is 0 Å². The van der Waals surface area contributed by atoms with Crippen LogP contribution in [0.3, 0.4) is 0 Å². The second-order valence-corrected chi connectivity index (χ2v) is 6.64. The van der Waals surface area contributed by atoms with Gasteiger partial charge in [0, 0.05) is 20.3 Å². The molecule has 0 saturated carbocycles. The van der Waals surface area contributed by atoms with Gasteiger partial charge >= 0.3 is 0 Å². The molecule has 1 unspecified atom stereocenters. The van der Waals surface area contributed by atoms with Crippen LogP contribution in [0.1, 0.15) is 12.5 Å². The van der Waals surface area contributed by atoms with E-state index in [0.717, 1.165) is 27.4 Å². The van der Waals surface area contributed by atoms with Gasteiger partial charge in [0.2, 0.25) is 0 Å². The van der Waals surface area contributed by atoms with Crippen molar-refractivity contribution in [2.45, 2.75) is 29.2 Å². The highest BCUT2D eigenvalue weighted by atomic mass is 79.9. The van der Waals surface area contributed by atoms with Crippen molar-refractivity contribution in [1.29, 1.82) is 0 Å². The molecule has 0 aliphatic rings. The summed E-state index contributed by atoms with van der Waals surface area (Å²) in [5.41, 5.74) is 6.93. The van der Waals surface area contributed by atoms with Gasteiger partial charge < -0.3 is 5.73 Å². The summed E-state index contributed by atoms with van der Waals surface area (Å²) in [5.74, 6) is -1.66. The minimum absolute atomic E-state index is 0.0357. The summed E-state index contributed by atoms with van der Waals surface area (Å²) in [5, 5.41) is 0. The maximum absolute atomic E-state index is 13.2. The molecule has 0 amide bonds. The summed E-state index contributed by atoms with van der Waals surface area (Å²) < 4.78 is 27.2. The lowest BCUT2D eigenvalue weighted by atomic mass is 10.1. The molecular weight excluding hydrogens is 344 g/mol. The van der Waals surface area contributed by atoms with Crippen molar-refractivity contribution in [3.05, 3.63) is 58.1 Å². The number of rotatable bonds is 4. The highest BCUT2D eigenvalue weighted by Crippen LogP contribution is 2.33. The van der Waals surface area contributed by atoms with E-state index in [-0.39, 0.29) is 6.04 Å². The molecule has 2 N–H and O–H groups in total. The molecule has 2 aromatic carbocycles. The van der Waals surface area contributed by atoms with Crippen molar-refractivity contribution in [1.82, 2.24) is 0 Å². The first-order chi connectivity index (χ1) is 9.45. The zero-order valence-electron chi connectivity index (χ0n) is 10.9. The largest absolute Gasteiger partial charge is 0.328 e. The fourth-order valence-electron chi connectivity index (χ4n) is 1.82. The van der Waals surface area contributed by atoms with Crippen molar-refractivity contribution in [3.8, 4) is 0 Å². The van der Waals surface area contributed by atoms with Gasteiger partial charge in [-0.1, -0.05) is 27.7 Å². The van der Waals surface area contributed by atoms with Crippen molar-refractivity contribution in [3.63, 3.8) is 0 Å². The maximum Gasteiger partial charge on any atom is 0.159 e. The fraction of sp³-hybridized carbons (Fsp3) is 0.200. The third-order valence-electron chi connectivity index (χ3n) is 2.68. The first kappa shape index (κ1) is 15.5. The summed E-state index contributed by atoms with van der Waals surface area (Å²) in [6.07, 6.45) is 0.728. The second kappa shape index (κ2) is 6.70. The summed E-state index contributed by atoms with van der Waals surface area (Å²) in [6.45, 7) is 1.94. The van der Waals surface area contributed by atoms with E-state index in [1.165, 1.54) is 17.8 Å². The molecule has 2 rings (SSSR count). The van der Waals surface area contributed by atoms with E-state index in [1.54, 1.807) is 6.07 Å². The Kier molecular flexibility index (Phi) is 5.18. The number of hydrogen-bond donors (Lipinski definition) is 1. The van der Waals surface area contributed by atoms with Crippen LogP contribution >= 0.6 is 27.7 Å². The van der Waals surface area contributed by atoms with E-state index in [4.69, 9.17) is 5.73 Å². The number of hydrogen-bond acceptors (Lipinski definition) is 2. The van der Waals surface area contributed by atoms with E-state index >= 15 is 0 Å². The van der Waals surface area contributed by atoms with E-state index in [0.29, 0.717) is 4.90 Å². The first-order valence-corrected chi connectivity index (χ1v) is 7.73. The summed E-state index contributed by atoms with van der Waals surface area (Å²) in [7, 11) is 0. The molecule has 20 heavy (non-hydrogen) atoms. The maximum atomic E-state index is 13.2. The molecule has 0 radical (unpaired) electrons. The van der Waals surface area contributed by atoms with Crippen molar-refractivity contribution >= 4 is 27.7 Å². The average Bonchev–Trinajstić information content (AvgIpc) is 2.36. The minimum atomic E-state index is -0.833. The van der Waals surface area contributed by atoms with Crippen LogP contribution in [0, 0.1) is 11.6 Å². The van der Waals surface area contributed by atoms with Crippen LogP contribution in [-0.4, -0.2) is 6.04 Å². The molecule has 2 aromatic rings. The van der Waals surface area contributed by atoms with Crippen molar-refractivity contribution in [2.24, 2.45) is 5.73 Å². The van der Waals surface area contributed by atoms with E-state index in [2.05, 4.69) is 15.9 Å². The number of nitrogens with two attached hydrogens (primary N) is 1. The average molecular weight is 358 g/mol. The van der Waals surface area contributed by atoms with Crippen LogP contribution in [0.4, 0.5) is 8.78 Å². The van der Waals surface area contributed by atoms with Gasteiger partial charge in [-0.25, -0.2) is 8.78 Å². The number of halogens is 3. The fourth-order valence-corrected chi connectivity index (χ4v) is 3.19. The molecule has 1 atom stereocenters. The molecule has 106 valence electrons. The van der Waals surface area contributed by atoms with Crippen LogP contribution in [0.25, 0.3) is 0 Å². The Morgan fingerprint density at radius 2 is 1.90 bits per heavy atom. The summed E-state index contributed by atoms with van der Waals surface area (Å²) in [6, 6.07) is 9.83. The zero-order chi connectivity index (χ0) is 14.7. The quantitative estimate of drug-likeness (QED) is 0.852. The lowest BCUT2D eigenvalue weighted by molar-refractivity contribution is 0.506. The van der Waals surface area contributed by atoms with Crippen LogP contribution < -0.4 is 5.73 Å². The molecule has 0 aliphatic heterocycles. The molecule has 5 heteroatoms. The Hall–Kier alpha value is -0.910. The summed E-state index contributed by atoms with van der Waals surface area (Å²) >= 11 is 4.84. The van der Waals surface area contributed by atoms with Crippen LogP contribution in [0.15, 0.2) is 50.7 Å². The molecule has 0 fully saturated rings. The highest BCUT2D eigenvalue weighted by Gasteiger charge is 2.09. The van der Waals surface area contributed by atoms with Crippen molar-refractivity contribution in [2.75, 3.05) is 0 Å². The normalized spacial score (nSPS) is 12.4. The zero-order valence-corrected chi connectivity index (χ0v) is 13.3. The van der Waals surface area contributed by atoms with Gasteiger partial charge in [0.05, 0.1) is 0 Å². The predicted molar refractivity (Wildman–Crippen MR) is 82.0 cm³/mol. The molecular formula is C15H14BrF2NS. The molecule has 0 saturated heterocycles. The standard InChI is InChI=1S/C15H14BrF2NS/c1-9(19)6-10-7-11(16)2-5-15(10)20-12-3-4-13(17)14(18)8-12/h2-5,7-9H,6,19H2,1H3. The van der Waals surface area contributed by atoms with Gasteiger partial charge in [-0.15, -0.1) is 0 Å². The third kappa shape index (κ3) is 4.04. The molecule has 0 spiro atoms. The molecule has 0 heterocycles. The topological polar surface area (TPSA) is 26.0 Å². The molecule has 1 nitrogen and oxygen atoms in total. The Morgan fingerprint density at radius 3 is 2.55 bits per heavy atom. The SMILES string of the molecule is CC(N)Cc1cc(Br)ccc1Sc1ccc(F)c(F)c1. The molecule has 0 aromatic heterocycles. The minimum Gasteiger partial charge on any atom is -0.328 e. The van der Waals surface area contributed by atoms with Gasteiger partial charge in [-0.05, 0) is 55.3 Å². The second-order valence-electron chi connectivity index (χ2n) is 4.61. The van der Waals surface area contributed by atoms with Crippen LogP contribution in [0.5, 0.6) is 0 Å². The van der Waals surface area contributed by atoms with Gasteiger partial charge in [0.1, 0.15) is 0 Å². The Bertz CT molecular complexity index is 617. The summed E-state index contributed by atoms with van der Waals surface area (Å²) in [4.78, 5) is 1.66. The number of benzene rings is 2. The first-order valence-electron chi connectivity index (χ1n) is 6.12. The molecule has 0 bridgehead atoms. The van der Waals surface area contributed by atoms with Gasteiger partial charge in [0.25, 0.3) is 0 Å². The smallest absolute Gasteiger partial charge is 0.159 e. The van der Waals surface area contributed by atoms with Crippen LogP contribution in [0.2, 0.25) is 0 Å². The van der Waals surface area contributed by atoms with E-state index in [1.807, 2.05) is 25.1 Å². The highest BCUT2D eigenvalue weighted by molar-refractivity contribution is 9.10. The Balaban J connectivity index is 2.30. The van der Waals surface area contributed by atoms with Gasteiger partial charge in [-0.3, -0.25) is 0 Å². The molecule has 0 aliphatic carbocycles. The lowest BCUT2D eigenvalue weighted by Crippen LogP contribution is -2.18. The van der Waals surface area contributed by atoms with E-state index in [9.17, 15) is 8.78 Å². The predicted octanol–water partition coefficient (Wildman–Crippen LogP) is 4.77. The Labute approximate surface area is 129 Å². The monoisotopic (exact) mass is 357 g/mol. The van der Waals surface area contributed by atoms with Gasteiger partial charge in [0.15, 0.2) is 11.6 Å². The third-order valence-corrected chi connectivity index (χ3v) is 4.28. The Morgan fingerprint density at radius 1 is 1.15 bits per heavy atom.